The number of nitrogens with one attached hydrogen (secondary N) is 1. The highest BCUT2D eigenvalue weighted by atomic mass is 35.5. The molecule has 1 amide bonds. The minimum atomic E-state index is -0.638. The molecule has 6 heteroatoms. The van der Waals surface area contributed by atoms with Crippen LogP contribution in [0.3, 0.4) is 0 Å². The molecule has 2 aromatic rings. The first-order valence-corrected chi connectivity index (χ1v) is 6.33. The van der Waals surface area contributed by atoms with E-state index in [1.807, 2.05) is 0 Å². The Hall–Kier alpha value is -2.03. The molecule has 0 saturated heterocycles. The van der Waals surface area contributed by atoms with Crippen molar-refractivity contribution >= 4 is 35.8 Å². The summed E-state index contributed by atoms with van der Waals surface area (Å²) < 4.78 is 13.2. The zero-order valence-electron chi connectivity index (χ0n) is 10.0. The lowest BCUT2D eigenvalue weighted by molar-refractivity contribution is 0.102. The second-order valence-electron chi connectivity index (χ2n) is 3.92. The topological polar surface area (TPSA) is 52.9 Å². The molecule has 1 N–H and O–H groups in total. The van der Waals surface area contributed by atoms with Gasteiger partial charge in [0.1, 0.15) is 11.9 Å². The molecule has 0 saturated carbocycles. The Morgan fingerprint density at radius 1 is 1.30 bits per heavy atom. The van der Waals surface area contributed by atoms with Gasteiger partial charge in [-0.2, -0.15) is 5.26 Å². The number of hydrogen-bond acceptors (Lipinski definition) is 3. The quantitative estimate of drug-likeness (QED) is 0.827. The van der Waals surface area contributed by atoms with Crippen molar-refractivity contribution in [2.24, 2.45) is 0 Å². The van der Waals surface area contributed by atoms with E-state index in [0.29, 0.717) is 10.6 Å². The predicted octanol–water partition coefficient (Wildman–Crippen LogP) is 3.89. The SMILES string of the molecule is N#Cc1cc(NC(=O)c2cc(S)ccc2Cl)ccc1F. The molecule has 2 rings (SSSR count). The number of halogens is 2. The molecule has 3 nitrogen and oxygen atoms in total. The van der Waals surface area contributed by atoms with Crippen LogP contribution in [0.1, 0.15) is 15.9 Å². The summed E-state index contributed by atoms with van der Waals surface area (Å²) in [7, 11) is 0. The van der Waals surface area contributed by atoms with Gasteiger partial charge in [-0.1, -0.05) is 11.6 Å². The molecule has 0 unspecified atom stereocenters. The van der Waals surface area contributed by atoms with Gasteiger partial charge < -0.3 is 5.32 Å². The van der Waals surface area contributed by atoms with Crippen molar-refractivity contribution < 1.29 is 9.18 Å². The number of carbonyl (C=O) groups excluding carboxylic acids is 1. The second-order valence-corrected chi connectivity index (χ2v) is 4.85. The van der Waals surface area contributed by atoms with E-state index in [0.717, 1.165) is 6.07 Å². The Balaban J connectivity index is 2.28. The van der Waals surface area contributed by atoms with Crippen LogP contribution >= 0.6 is 24.2 Å². The van der Waals surface area contributed by atoms with Crippen molar-refractivity contribution in [2.75, 3.05) is 5.32 Å². The van der Waals surface area contributed by atoms with Gasteiger partial charge in [0.05, 0.1) is 16.1 Å². The van der Waals surface area contributed by atoms with Crippen molar-refractivity contribution in [2.45, 2.75) is 4.90 Å². The molecule has 0 heterocycles. The number of rotatable bonds is 2. The van der Waals surface area contributed by atoms with Gasteiger partial charge in [-0.25, -0.2) is 4.39 Å². The van der Waals surface area contributed by atoms with Gasteiger partial charge in [-0.15, -0.1) is 12.6 Å². The predicted molar refractivity (Wildman–Crippen MR) is 77.8 cm³/mol. The number of hydrogen-bond donors (Lipinski definition) is 2. The van der Waals surface area contributed by atoms with E-state index in [1.54, 1.807) is 18.2 Å². The van der Waals surface area contributed by atoms with Crippen molar-refractivity contribution in [3.05, 3.63) is 58.4 Å². The number of carbonyl (C=O) groups is 1. The minimum absolute atomic E-state index is 0.142. The molecule has 0 aliphatic rings. The first kappa shape index (κ1) is 14.4. The smallest absolute Gasteiger partial charge is 0.257 e. The van der Waals surface area contributed by atoms with Gasteiger partial charge in [0.15, 0.2) is 0 Å². The first-order chi connectivity index (χ1) is 9.51. The number of nitrogens with zero attached hydrogens (tertiary/aromatic N) is 1. The van der Waals surface area contributed by atoms with Gasteiger partial charge in [0.2, 0.25) is 0 Å². The number of benzene rings is 2. The van der Waals surface area contributed by atoms with Crippen LogP contribution in [0, 0.1) is 17.1 Å². The van der Waals surface area contributed by atoms with E-state index in [4.69, 9.17) is 16.9 Å². The molecule has 100 valence electrons. The molecule has 0 aromatic heterocycles. The lowest BCUT2D eigenvalue weighted by Gasteiger charge is -2.08. The molecule has 0 spiro atoms. The normalized spacial score (nSPS) is 9.90. The summed E-state index contributed by atoms with van der Waals surface area (Å²) in [6, 6.07) is 10.2. The Morgan fingerprint density at radius 2 is 2.05 bits per heavy atom. The molecular formula is C14H8ClFN2OS. The molecule has 0 fully saturated rings. The molecular weight excluding hydrogens is 299 g/mol. The van der Waals surface area contributed by atoms with E-state index in [-0.39, 0.29) is 16.1 Å². The van der Waals surface area contributed by atoms with Crippen LogP contribution in [0.15, 0.2) is 41.3 Å². The molecule has 0 radical (unpaired) electrons. The standard InChI is InChI=1S/C14H8ClFN2OS/c15-12-3-2-10(20)6-11(12)14(19)18-9-1-4-13(16)8(5-9)7-17/h1-6,20H,(H,18,19). The van der Waals surface area contributed by atoms with Gasteiger partial charge in [-0.3, -0.25) is 4.79 Å². The fourth-order valence-corrected chi connectivity index (χ4v) is 1.98. The van der Waals surface area contributed by atoms with E-state index in [9.17, 15) is 9.18 Å². The lowest BCUT2D eigenvalue weighted by Crippen LogP contribution is -2.12. The van der Waals surface area contributed by atoms with Gasteiger partial charge in [0, 0.05) is 10.6 Å². The average Bonchev–Trinajstić information content (AvgIpc) is 2.43. The van der Waals surface area contributed by atoms with E-state index >= 15 is 0 Å². The summed E-state index contributed by atoms with van der Waals surface area (Å²) >= 11 is 10.1. The Kier molecular flexibility index (Phi) is 4.28. The average molecular weight is 307 g/mol. The summed E-state index contributed by atoms with van der Waals surface area (Å²) in [5.41, 5.74) is 0.424. The lowest BCUT2D eigenvalue weighted by atomic mass is 10.1. The number of nitriles is 1. The van der Waals surface area contributed by atoms with Gasteiger partial charge in [0.25, 0.3) is 5.91 Å². The van der Waals surface area contributed by atoms with E-state index < -0.39 is 11.7 Å². The Morgan fingerprint density at radius 3 is 2.75 bits per heavy atom. The summed E-state index contributed by atoms with van der Waals surface area (Å²) in [6.07, 6.45) is 0. The van der Waals surface area contributed by atoms with Crippen LogP contribution in [0.4, 0.5) is 10.1 Å². The number of anilines is 1. The fourth-order valence-electron chi connectivity index (χ4n) is 1.57. The first-order valence-electron chi connectivity index (χ1n) is 5.51. The monoisotopic (exact) mass is 306 g/mol. The van der Waals surface area contributed by atoms with Crippen LogP contribution in [0.25, 0.3) is 0 Å². The third-order valence-electron chi connectivity index (χ3n) is 2.54. The van der Waals surface area contributed by atoms with Crippen LogP contribution in [-0.4, -0.2) is 5.91 Å². The zero-order valence-corrected chi connectivity index (χ0v) is 11.7. The van der Waals surface area contributed by atoms with Crippen molar-refractivity contribution in [1.29, 1.82) is 5.26 Å². The van der Waals surface area contributed by atoms with Crippen LogP contribution in [0.2, 0.25) is 5.02 Å². The highest BCUT2D eigenvalue weighted by Gasteiger charge is 2.12. The molecule has 0 aliphatic carbocycles. The number of amides is 1. The molecule has 2 aromatic carbocycles. The maximum atomic E-state index is 13.2. The Bertz CT molecular complexity index is 728. The van der Waals surface area contributed by atoms with Crippen molar-refractivity contribution in [1.82, 2.24) is 0 Å². The molecule has 0 bridgehead atoms. The zero-order chi connectivity index (χ0) is 14.7. The van der Waals surface area contributed by atoms with Gasteiger partial charge in [-0.05, 0) is 36.4 Å². The molecule has 0 aliphatic heterocycles. The summed E-state index contributed by atoms with van der Waals surface area (Å²) in [5.74, 6) is -1.10. The minimum Gasteiger partial charge on any atom is -0.322 e. The Labute approximate surface area is 125 Å². The summed E-state index contributed by atoms with van der Waals surface area (Å²) in [5, 5.41) is 11.6. The van der Waals surface area contributed by atoms with Crippen molar-refractivity contribution in [3.63, 3.8) is 0 Å². The van der Waals surface area contributed by atoms with E-state index in [2.05, 4.69) is 17.9 Å². The highest BCUT2D eigenvalue weighted by Crippen LogP contribution is 2.21. The maximum absolute atomic E-state index is 13.2. The number of thiol groups is 1. The van der Waals surface area contributed by atoms with Crippen LogP contribution in [-0.2, 0) is 0 Å². The van der Waals surface area contributed by atoms with Crippen LogP contribution < -0.4 is 5.32 Å². The fraction of sp³-hybridized carbons (Fsp3) is 0. The largest absolute Gasteiger partial charge is 0.322 e. The van der Waals surface area contributed by atoms with Gasteiger partial charge >= 0.3 is 0 Å². The second kappa shape index (κ2) is 5.95. The molecule has 0 atom stereocenters. The van der Waals surface area contributed by atoms with Crippen LogP contribution in [0.5, 0.6) is 0 Å². The maximum Gasteiger partial charge on any atom is 0.257 e. The summed E-state index contributed by atoms with van der Waals surface area (Å²) in [4.78, 5) is 12.7. The molecule has 20 heavy (non-hydrogen) atoms. The van der Waals surface area contributed by atoms with E-state index in [1.165, 1.54) is 18.2 Å². The highest BCUT2D eigenvalue weighted by molar-refractivity contribution is 7.80. The van der Waals surface area contributed by atoms with Crippen molar-refractivity contribution in [3.8, 4) is 6.07 Å². The third-order valence-corrected chi connectivity index (χ3v) is 3.15. The summed E-state index contributed by atoms with van der Waals surface area (Å²) in [6.45, 7) is 0. The third kappa shape index (κ3) is 3.10.